The fraction of sp³-hybridized carbons (Fsp3) is 0.429. The van der Waals surface area contributed by atoms with Gasteiger partial charge in [0.25, 0.3) is 0 Å². The van der Waals surface area contributed by atoms with E-state index in [9.17, 15) is 14.7 Å². The van der Waals surface area contributed by atoms with Gasteiger partial charge in [0.15, 0.2) is 0 Å². The molecule has 0 heterocycles. The predicted molar refractivity (Wildman–Crippen MR) is 89.7 cm³/mol. The molecular weight excluding hydrogens is 407 g/mol. The van der Waals surface area contributed by atoms with Crippen molar-refractivity contribution in [3.63, 3.8) is 0 Å². The summed E-state index contributed by atoms with van der Waals surface area (Å²) in [7, 11) is 0. The van der Waals surface area contributed by atoms with Crippen LogP contribution in [0.2, 0.25) is 5.02 Å². The Bertz CT molecular complexity index is 559. The van der Waals surface area contributed by atoms with Crippen LogP contribution in [-0.4, -0.2) is 23.7 Å². The van der Waals surface area contributed by atoms with E-state index in [0.29, 0.717) is 23.6 Å². The van der Waals surface area contributed by atoms with E-state index in [0.717, 1.165) is 16.4 Å². The maximum Gasteiger partial charge on any atom is 0.319 e. The van der Waals surface area contributed by atoms with Gasteiger partial charge in [0.05, 0.1) is 16.1 Å². The smallest absolute Gasteiger partial charge is 0.319 e. The summed E-state index contributed by atoms with van der Waals surface area (Å²) in [5, 5.41) is 15.1. The molecule has 114 valence electrons. The van der Waals surface area contributed by atoms with E-state index in [1.165, 1.54) is 0 Å². The van der Waals surface area contributed by atoms with Crippen LogP contribution >= 0.6 is 34.2 Å². The molecule has 0 saturated heterocycles. The summed E-state index contributed by atoms with van der Waals surface area (Å²) in [6.45, 7) is 0.135. The standard InChI is InChI=1S/C14H16ClIN2O3/c15-10-7-9(16)3-4-11(10)18-13(21)17-8-14(12(19)20)5-1-2-6-14/h3-4,7H,1-2,5-6,8H2,(H,19,20)(H2,17,18,21). The Hall–Kier alpha value is -1.02. The van der Waals surface area contributed by atoms with Crippen LogP contribution in [0.5, 0.6) is 0 Å². The van der Waals surface area contributed by atoms with Crippen molar-refractivity contribution in [2.75, 3.05) is 11.9 Å². The number of carboxylic acid groups (broad SMARTS) is 1. The lowest BCUT2D eigenvalue weighted by Crippen LogP contribution is -2.42. The second-order valence-electron chi connectivity index (χ2n) is 5.22. The number of anilines is 1. The minimum atomic E-state index is -0.840. The van der Waals surface area contributed by atoms with Gasteiger partial charge in [0.2, 0.25) is 0 Å². The topological polar surface area (TPSA) is 78.4 Å². The summed E-state index contributed by atoms with van der Waals surface area (Å²) in [5.74, 6) is -0.840. The SMILES string of the molecule is O=C(NCC1(C(=O)O)CCCC1)Nc1ccc(I)cc1Cl. The average Bonchev–Trinajstić information content (AvgIpc) is 2.90. The molecule has 1 aliphatic carbocycles. The molecular formula is C14H16ClIN2O3. The third-order valence-corrected chi connectivity index (χ3v) is 4.76. The molecule has 1 fully saturated rings. The number of nitrogens with one attached hydrogen (secondary N) is 2. The minimum Gasteiger partial charge on any atom is -0.481 e. The van der Waals surface area contributed by atoms with Crippen molar-refractivity contribution >= 4 is 51.9 Å². The molecule has 0 atom stereocenters. The third-order valence-electron chi connectivity index (χ3n) is 3.78. The van der Waals surface area contributed by atoms with E-state index in [2.05, 4.69) is 33.2 Å². The lowest BCUT2D eigenvalue weighted by Gasteiger charge is -2.24. The van der Waals surface area contributed by atoms with Crippen molar-refractivity contribution in [3.05, 3.63) is 26.8 Å². The van der Waals surface area contributed by atoms with Crippen molar-refractivity contribution in [2.45, 2.75) is 25.7 Å². The predicted octanol–water partition coefficient (Wildman–Crippen LogP) is 3.71. The zero-order valence-electron chi connectivity index (χ0n) is 11.3. The Morgan fingerprint density at radius 3 is 2.57 bits per heavy atom. The summed E-state index contributed by atoms with van der Waals surface area (Å²) >= 11 is 8.17. The fourth-order valence-corrected chi connectivity index (χ4v) is 3.43. The van der Waals surface area contributed by atoms with Gasteiger partial charge in [-0.3, -0.25) is 4.79 Å². The number of hydrogen-bond donors (Lipinski definition) is 3. The van der Waals surface area contributed by atoms with Crippen LogP contribution in [-0.2, 0) is 4.79 Å². The average molecular weight is 423 g/mol. The normalized spacial score (nSPS) is 16.5. The highest BCUT2D eigenvalue weighted by Gasteiger charge is 2.41. The highest BCUT2D eigenvalue weighted by atomic mass is 127. The number of amides is 2. The molecule has 2 rings (SSSR count). The van der Waals surface area contributed by atoms with Crippen LogP contribution in [0.3, 0.4) is 0 Å². The minimum absolute atomic E-state index is 0.135. The lowest BCUT2D eigenvalue weighted by molar-refractivity contribution is -0.148. The van der Waals surface area contributed by atoms with Gasteiger partial charge in [-0.25, -0.2) is 4.79 Å². The number of carbonyl (C=O) groups is 2. The molecule has 0 radical (unpaired) electrons. The van der Waals surface area contributed by atoms with E-state index in [4.69, 9.17) is 11.6 Å². The fourth-order valence-electron chi connectivity index (χ4n) is 2.52. The number of urea groups is 1. The maximum atomic E-state index is 11.9. The Balaban J connectivity index is 1.94. The van der Waals surface area contributed by atoms with E-state index in [-0.39, 0.29) is 6.54 Å². The van der Waals surface area contributed by atoms with Crippen LogP contribution in [0.4, 0.5) is 10.5 Å². The number of halogens is 2. The van der Waals surface area contributed by atoms with Gasteiger partial charge in [-0.15, -0.1) is 0 Å². The largest absolute Gasteiger partial charge is 0.481 e. The molecule has 5 nitrogen and oxygen atoms in total. The summed E-state index contributed by atoms with van der Waals surface area (Å²) < 4.78 is 0.972. The Labute approximate surface area is 141 Å². The van der Waals surface area contributed by atoms with Gasteiger partial charge in [0, 0.05) is 10.1 Å². The Morgan fingerprint density at radius 1 is 1.33 bits per heavy atom. The second kappa shape index (κ2) is 6.83. The maximum absolute atomic E-state index is 11.9. The highest BCUT2D eigenvalue weighted by Crippen LogP contribution is 2.37. The van der Waals surface area contributed by atoms with E-state index >= 15 is 0 Å². The molecule has 1 saturated carbocycles. The summed E-state index contributed by atoms with van der Waals surface area (Å²) in [6.07, 6.45) is 2.98. The first kappa shape index (κ1) is 16.4. The van der Waals surface area contributed by atoms with Gasteiger partial charge in [-0.2, -0.15) is 0 Å². The highest BCUT2D eigenvalue weighted by molar-refractivity contribution is 14.1. The van der Waals surface area contributed by atoms with Gasteiger partial charge < -0.3 is 15.7 Å². The molecule has 1 aromatic carbocycles. The van der Waals surface area contributed by atoms with Gasteiger partial charge in [-0.05, 0) is 53.6 Å². The molecule has 1 aliphatic rings. The van der Waals surface area contributed by atoms with Crippen LogP contribution in [0.25, 0.3) is 0 Å². The van der Waals surface area contributed by atoms with Crippen LogP contribution in [0.15, 0.2) is 18.2 Å². The third kappa shape index (κ3) is 4.00. The first-order chi connectivity index (χ1) is 9.93. The quantitative estimate of drug-likeness (QED) is 0.647. The number of rotatable bonds is 4. The van der Waals surface area contributed by atoms with Crippen molar-refractivity contribution in [2.24, 2.45) is 5.41 Å². The number of carbonyl (C=O) groups excluding carboxylic acids is 1. The van der Waals surface area contributed by atoms with Gasteiger partial charge in [-0.1, -0.05) is 24.4 Å². The molecule has 0 bridgehead atoms. The van der Waals surface area contributed by atoms with Crippen molar-refractivity contribution in [3.8, 4) is 0 Å². The van der Waals surface area contributed by atoms with Crippen LogP contribution in [0, 0.1) is 8.99 Å². The molecule has 0 aromatic heterocycles. The van der Waals surface area contributed by atoms with E-state index in [1.807, 2.05) is 6.07 Å². The second-order valence-corrected chi connectivity index (χ2v) is 6.88. The first-order valence-electron chi connectivity index (χ1n) is 6.66. The summed E-state index contributed by atoms with van der Waals surface area (Å²) in [4.78, 5) is 23.3. The van der Waals surface area contributed by atoms with Gasteiger partial charge >= 0.3 is 12.0 Å². The molecule has 2 amide bonds. The van der Waals surface area contributed by atoms with Crippen molar-refractivity contribution < 1.29 is 14.7 Å². The van der Waals surface area contributed by atoms with Crippen LogP contribution < -0.4 is 10.6 Å². The van der Waals surface area contributed by atoms with Crippen LogP contribution in [0.1, 0.15) is 25.7 Å². The molecule has 0 spiro atoms. The molecule has 7 heteroatoms. The molecule has 3 N–H and O–H groups in total. The zero-order valence-corrected chi connectivity index (χ0v) is 14.2. The van der Waals surface area contributed by atoms with E-state index in [1.54, 1.807) is 12.1 Å². The first-order valence-corrected chi connectivity index (χ1v) is 8.12. The number of aliphatic carboxylic acids is 1. The number of carboxylic acids is 1. The van der Waals surface area contributed by atoms with Crippen molar-refractivity contribution in [1.29, 1.82) is 0 Å². The Kier molecular flexibility index (Phi) is 5.32. The molecule has 0 unspecified atom stereocenters. The summed E-state index contributed by atoms with van der Waals surface area (Å²) in [5.41, 5.74) is -0.321. The van der Waals surface area contributed by atoms with Gasteiger partial charge in [0.1, 0.15) is 0 Å². The monoisotopic (exact) mass is 422 g/mol. The zero-order chi connectivity index (χ0) is 15.5. The molecule has 1 aromatic rings. The van der Waals surface area contributed by atoms with Crippen molar-refractivity contribution in [1.82, 2.24) is 5.32 Å². The Morgan fingerprint density at radius 2 is 2.00 bits per heavy atom. The molecule has 21 heavy (non-hydrogen) atoms. The lowest BCUT2D eigenvalue weighted by atomic mass is 9.86. The number of benzene rings is 1. The molecule has 0 aliphatic heterocycles. The number of hydrogen-bond acceptors (Lipinski definition) is 2. The van der Waals surface area contributed by atoms with E-state index < -0.39 is 17.4 Å². The summed E-state index contributed by atoms with van der Waals surface area (Å²) in [6, 6.07) is 4.85.